The van der Waals surface area contributed by atoms with Gasteiger partial charge < -0.3 is 10.1 Å². The number of aryl methyl sites for hydroxylation is 1. The molecule has 1 amide bonds. The molecule has 1 aliphatic heterocycles. The van der Waals surface area contributed by atoms with Crippen molar-refractivity contribution in [2.24, 2.45) is 0 Å². The molecule has 126 valence electrons. The molecule has 6 heteroatoms. The molecule has 0 spiro atoms. The van der Waals surface area contributed by atoms with Gasteiger partial charge in [-0.15, -0.1) is 0 Å². The predicted octanol–water partition coefficient (Wildman–Crippen LogP) is 2.24. The van der Waals surface area contributed by atoms with Crippen LogP contribution in [0.3, 0.4) is 0 Å². The highest BCUT2D eigenvalue weighted by atomic mass is 16.5. The second-order valence-corrected chi connectivity index (χ2v) is 6.59. The number of fused-ring (bicyclic) bond motifs is 2. The highest BCUT2D eigenvalue weighted by Crippen LogP contribution is 2.21. The quantitative estimate of drug-likeness (QED) is 0.935. The van der Waals surface area contributed by atoms with Gasteiger partial charge in [-0.1, -0.05) is 12.8 Å². The molecule has 1 N–H and O–H groups in total. The number of amides is 1. The zero-order valence-electron chi connectivity index (χ0n) is 13.6. The molecule has 1 aliphatic carbocycles. The number of carbonyl (C=O) groups is 1. The van der Waals surface area contributed by atoms with Gasteiger partial charge in [0.25, 0.3) is 5.56 Å². The van der Waals surface area contributed by atoms with Crippen molar-refractivity contribution in [2.45, 2.75) is 51.2 Å². The summed E-state index contributed by atoms with van der Waals surface area (Å²) in [7, 11) is 0. The zero-order chi connectivity index (χ0) is 16.5. The Balaban J connectivity index is 1.50. The van der Waals surface area contributed by atoms with Crippen LogP contribution in [0.4, 0.5) is 5.69 Å². The fourth-order valence-corrected chi connectivity index (χ4v) is 3.61. The van der Waals surface area contributed by atoms with Crippen LogP contribution >= 0.6 is 0 Å². The average Bonchev–Trinajstić information content (AvgIpc) is 3.25. The minimum atomic E-state index is -0.185. The first-order chi connectivity index (χ1) is 11.7. The summed E-state index contributed by atoms with van der Waals surface area (Å²) in [5.74, 6) is 0.671. The molecule has 0 unspecified atom stereocenters. The molecule has 4 rings (SSSR count). The van der Waals surface area contributed by atoms with E-state index in [0.29, 0.717) is 16.6 Å². The van der Waals surface area contributed by atoms with E-state index in [0.717, 1.165) is 38.1 Å². The highest BCUT2D eigenvalue weighted by Gasteiger charge is 2.18. The largest absolute Gasteiger partial charge is 0.368 e. The molecule has 1 aromatic carbocycles. The van der Waals surface area contributed by atoms with E-state index in [9.17, 15) is 9.59 Å². The zero-order valence-corrected chi connectivity index (χ0v) is 13.6. The second-order valence-electron chi connectivity index (χ2n) is 6.59. The number of ether oxygens (including phenoxy) is 1. The number of benzene rings is 1. The first-order valence-corrected chi connectivity index (χ1v) is 8.65. The van der Waals surface area contributed by atoms with E-state index >= 15 is 0 Å². The Kier molecular flexibility index (Phi) is 4.06. The molecule has 24 heavy (non-hydrogen) atoms. The molecule has 1 aromatic heterocycles. The van der Waals surface area contributed by atoms with Gasteiger partial charge in [0.1, 0.15) is 12.4 Å². The number of hydrogen-bond acceptors (Lipinski definition) is 4. The lowest BCUT2D eigenvalue weighted by Gasteiger charge is -2.11. The Morgan fingerprint density at radius 2 is 2.12 bits per heavy atom. The molecule has 1 fully saturated rings. The SMILES string of the molecule is O=C(COC1CCCC1)Nc1ccc2nc3n(c(=O)c2c1)CCC3. The van der Waals surface area contributed by atoms with Crippen molar-refractivity contribution in [3.05, 3.63) is 34.4 Å². The van der Waals surface area contributed by atoms with Crippen molar-refractivity contribution in [3.63, 3.8) is 0 Å². The molecule has 2 aromatic rings. The van der Waals surface area contributed by atoms with Gasteiger partial charge in [0.2, 0.25) is 5.91 Å². The Hall–Kier alpha value is -2.21. The third-order valence-corrected chi connectivity index (χ3v) is 4.85. The summed E-state index contributed by atoms with van der Waals surface area (Å²) in [5, 5.41) is 3.36. The molecular formula is C18H21N3O3. The van der Waals surface area contributed by atoms with Gasteiger partial charge >= 0.3 is 0 Å². The van der Waals surface area contributed by atoms with Gasteiger partial charge in [0, 0.05) is 18.7 Å². The van der Waals surface area contributed by atoms with E-state index in [1.54, 1.807) is 22.8 Å². The van der Waals surface area contributed by atoms with Crippen LogP contribution in [0.1, 0.15) is 37.9 Å². The second kappa shape index (κ2) is 6.36. The highest BCUT2D eigenvalue weighted by molar-refractivity contribution is 5.94. The summed E-state index contributed by atoms with van der Waals surface area (Å²) in [6, 6.07) is 5.29. The minimum Gasteiger partial charge on any atom is -0.368 e. The fraction of sp³-hybridized carbons (Fsp3) is 0.500. The number of nitrogens with one attached hydrogen (secondary N) is 1. The van der Waals surface area contributed by atoms with Crippen LogP contribution in [0.25, 0.3) is 10.9 Å². The number of carbonyl (C=O) groups excluding carboxylic acids is 1. The van der Waals surface area contributed by atoms with E-state index in [1.807, 2.05) is 0 Å². The maximum atomic E-state index is 12.5. The summed E-state index contributed by atoms with van der Waals surface area (Å²) in [6.07, 6.45) is 6.45. The van der Waals surface area contributed by atoms with E-state index in [2.05, 4.69) is 10.3 Å². The number of nitrogens with zero attached hydrogens (tertiary/aromatic N) is 2. The Morgan fingerprint density at radius 3 is 2.96 bits per heavy atom. The summed E-state index contributed by atoms with van der Waals surface area (Å²) in [4.78, 5) is 29.1. The molecule has 0 atom stereocenters. The first-order valence-electron chi connectivity index (χ1n) is 8.65. The van der Waals surface area contributed by atoms with Crippen molar-refractivity contribution in [2.75, 3.05) is 11.9 Å². The fourth-order valence-electron chi connectivity index (χ4n) is 3.61. The number of anilines is 1. The third kappa shape index (κ3) is 2.94. The van der Waals surface area contributed by atoms with Crippen molar-refractivity contribution >= 4 is 22.5 Å². The first kappa shape index (κ1) is 15.3. The molecule has 2 aliphatic rings. The monoisotopic (exact) mass is 327 g/mol. The van der Waals surface area contributed by atoms with Gasteiger partial charge in [0.15, 0.2) is 0 Å². The summed E-state index contributed by atoms with van der Waals surface area (Å²) in [5.41, 5.74) is 1.28. The van der Waals surface area contributed by atoms with Gasteiger partial charge in [-0.2, -0.15) is 0 Å². The van der Waals surface area contributed by atoms with E-state index in [4.69, 9.17) is 4.74 Å². The minimum absolute atomic E-state index is 0.0224. The number of rotatable bonds is 4. The normalized spacial score (nSPS) is 17.3. The molecular weight excluding hydrogens is 306 g/mol. The lowest BCUT2D eigenvalue weighted by Crippen LogP contribution is -2.23. The van der Waals surface area contributed by atoms with Crippen LogP contribution in [-0.2, 0) is 22.5 Å². The van der Waals surface area contributed by atoms with E-state index < -0.39 is 0 Å². The van der Waals surface area contributed by atoms with Crippen molar-refractivity contribution in [3.8, 4) is 0 Å². The summed E-state index contributed by atoms with van der Waals surface area (Å²) < 4.78 is 7.35. The van der Waals surface area contributed by atoms with Crippen LogP contribution < -0.4 is 10.9 Å². The van der Waals surface area contributed by atoms with Gasteiger partial charge in [0.05, 0.1) is 17.0 Å². The lowest BCUT2D eigenvalue weighted by atomic mass is 10.2. The summed E-state index contributed by atoms with van der Waals surface area (Å²) >= 11 is 0. The summed E-state index contributed by atoms with van der Waals surface area (Å²) in [6.45, 7) is 0.785. The standard InChI is InChI=1S/C18H21N3O3/c22-17(11-24-13-4-1-2-5-13)19-12-7-8-15-14(10-12)18(23)21-9-3-6-16(21)20-15/h7-8,10,13H,1-6,9,11H2,(H,19,22). The van der Waals surface area contributed by atoms with Crippen LogP contribution in [0, 0.1) is 0 Å². The number of aromatic nitrogens is 2. The Bertz CT molecular complexity index is 837. The van der Waals surface area contributed by atoms with Gasteiger partial charge in [-0.3, -0.25) is 14.2 Å². The smallest absolute Gasteiger partial charge is 0.261 e. The molecule has 2 heterocycles. The Labute approximate surface area is 139 Å². The van der Waals surface area contributed by atoms with Gasteiger partial charge in [-0.05, 0) is 37.5 Å². The third-order valence-electron chi connectivity index (χ3n) is 4.85. The van der Waals surface area contributed by atoms with E-state index in [1.165, 1.54) is 12.8 Å². The van der Waals surface area contributed by atoms with Gasteiger partial charge in [-0.25, -0.2) is 4.98 Å². The lowest BCUT2D eigenvalue weighted by molar-refractivity contribution is -0.122. The maximum absolute atomic E-state index is 12.5. The van der Waals surface area contributed by atoms with E-state index in [-0.39, 0.29) is 24.2 Å². The molecule has 0 saturated heterocycles. The maximum Gasteiger partial charge on any atom is 0.261 e. The predicted molar refractivity (Wildman–Crippen MR) is 91.2 cm³/mol. The number of hydrogen-bond donors (Lipinski definition) is 1. The van der Waals surface area contributed by atoms with Crippen LogP contribution in [0.5, 0.6) is 0 Å². The topological polar surface area (TPSA) is 73.2 Å². The molecule has 1 saturated carbocycles. The van der Waals surface area contributed by atoms with Crippen LogP contribution in [0.2, 0.25) is 0 Å². The Morgan fingerprint density at radius 1 is 1.29 bits per heavy atom. The molecule has 0 radical (unpaired) electrons. The van der Waals surface area contributed by atoms with Crippen LogP contribution in [-0.4, -0.2) is 28.2 Å². The van der Waals surface area contributed by atoms with Crippen molar-refractivity contribution in [1.82, 2.24) is 9.55 Å². The van der Waals surface area contributed by atoms with Crippen molar-refractivity contribution < 1.29 is 9.53 Å². The molecule has 0 bridgehead atoms. The van der Waals surface area contributed by atoms with Crippen LogP contribution in [0.15, 0.2) is 23.0 Å². The average molecular weight is 327 g/mol. The van der Waals surface area contributed by atoms with Crippen molar-refractivity contribution in [1.29, 1.82) is 0 Å². The molecule has 6 nitrogen and oxygen atoms in total.